The summed E-state index contributed by atoms with van der Waals surface area (Å²) in [6, 6.07) is 4.57. The maximum atomic E-state index is 12.4. The molecule has 6 nitrogen and oxygen atoms in total. The van der Waals surface area contributed by atoms with E-state index in [1.807, 2.05) is 0 Å². The third kappa shape index (κ3) is 4.92. The summed E-state index contributed by atoms with van der Waals surface area (Å²) in [5.41, 5.74) is 0.0497. The van der Waals surface area contributed by atoms with Gasteiger partial charge in [0.2, 0.25) is 0 Å². The second-order valence-corrected chi connectivity index (χ2v) is 5.65. The molecule has 0 heterocycles. The van der Waals surface area contributed by atoms with E-state index in [1.54, 1.807) is 26.8 Å². The molecular formula is C17H21NO5. The largest absolute Gasteiger partial charge is 0.495 e. The minimum absolute atomic E-state index is 0.00282. The van der Waals surface area contributed by atoms with Crippen molar-refractivity contribution in [2.75, 3.05) is 25.7 Å². The predicted octanol–water partition coefficient (Wildman–Crippen LogP) is 2.86. The summed E-state index contributed by atoms with van der Waals surface area (Å²) in [6.45, 7) is 5.28. The highest BCUT2D eigenvalue weighted by Crippen LogP contribution is 2.30. The van der Waals surface area contributed by atoms with E-state index in [-0.39, 0.29) is 6.54 Å². The molecule has 0 saturated heterocycles. The van der Waals surface area contributed by atoms with Crippen LogP contribution in [0.5, 0.6) is 5.75 Å². The molecule has 0 fully saturated rings. The van der Waals surface area contributed by atoms with E-state index >= 15 is 0 Å². The lowest BCUT2D eigenvalue weighted by molar-refractivity contribution is 0.0581. The van der Waals surface area contributed by atoms with Gasteiger partial charge in [0.25, 0.3) is 0 Å². The normalized spacial score (nSPS) is 10.4. The van der Waals surface area contributed by atoms with Crippen LogP contribution in [0.15, 0.2) is 18.2 Å². The fourth-order valence-electron chi connectivity index (χ4n) is 1.80. The summed E-state index contributed by atoms with van der Waals surface area (Å²) in [4.78, 5) is 25.2. The molecule has 0 aliphatic rings. The Morgan fingerprint density at radius 3 is 2.39 bits per heavy atom. The smallest absolute Gasteiger partial charge is 0.415 e. The molecule has 0 aromatic heterocycles. The molecule has 0 aliphatic heterocycles. The number of ether oxygens (including phenoxy) is 3. The van der Waals surface area contributed by atoms with Crippen LogP contribution in [0, 0.1) is 12.3 Å². The van der Waals surface area contributed by atoms with Gasteiger partial charge in [0, 0.05) is 0 Å². The van der Waals surface area contributed by atoms with Crippen molar-refractivity contribution in [1.29, 1.82) is 0 Å². The predicted molar refractivity (Wildman–Crippen MR) is 86.7 cm³/mol. The van der Waals surface area contributed by atoms with E-state index in [1.165, 1.54) is 31.3 Å². The summed E-state index contributed by atoms with van der Waals surface area (Å²) >= 11 is 0. The zero-order valence-electron chi connectivity index (χ0n) is 14.0. The van der Waals surface area contributed by atoms with Crippen molar-refractivity contribution < 1.29 is 23.8 Å². The first-order valence-corrected chi connectivity index (χ1v) is 6.93. The Labute approximate surface area is 136 Å². The van der Waals surface area contributed by atoms with Crippen molar-refractivity contribution >= 4 is 17.7 Å². The molecular weight excluding hydrogens is 298 g/mol. The van der Waals surface area contributed by atoms with Crippen molar-refractivity contribution in [1.82, 2.24) is 0 Å². The molecule has 0 saturated carbocycles. The Morgan fingerprint density at radius 1 is 1.26 bits per heavy atom. The van der Waals surface area contributed by atoms with Crippen LogP contribution in [0.2, 0.25) is 0 Å². The van der Waals surface area contributed by atoms with Crippen LogP contribution in [0.1, 0.15) is 31.1 Å². The summed E-state index contributed by atoms with van der Waals surface area (Å²) < 4.78 is 15.3. The van der Waals surface area contributed by atoms with Crippen LogP contribution in [0.4, 0.5) is 10.5 Å². The number of rotatable bonds is 4. The molecule has 0 atom stereocenters. The van der Waals surface area contributed by atoms with Crippen LogP contribution in [-0.2, 0) is 9.47 Å². The number of esters is 1. The number of methoxy groups -OCH3 is 2. The molecule has 1 rings (SSSR count). The van der Waals surface area contributed by atoms with Crippen LogP contribution in [0.3, 0.4) is 0 Å². The number of carbonyl (C=O) groups is 2. The highest BCUT2D eigenvalue weighted by molar-refractivity contribution is 5.94. The lowest BCUT2D eigenvalue weighted by Crippen LogP contribution is -2.37. The highest BCUT2D eigenvalue weighted by atomic mass is 16.6. The average Bonchev–Trinajstić information content (AvgIpc) is 2.49. The maximum absolute atomic E-state index is 12.4. The molecule has 0 unspecified atom stereocenters. The lowest BCUT2D eigenvalue weighted by atomic mass is 10.1. The van der Waals surface area contributed by atoms with Gasteiger partial charge in [-0.1, -0.05) is 5.92 Å². The summed E-state index contributed by atoms with van der Waals surface area (Å²) in [7, 11) is 2.72. The third-order valence-corrected chi connectivity index (χ3v) is 2.75. The van der Waals surface area contributed by atoms with Crippen molar-refractivity contribution in [3.63, 3.8) is 0 Å². The third-order valence-electron chi connectivity index (χ3n) is 2.75. The quantitative estimate of drug-likeness (QED) is 0.631. The molecule has 0 bridgehead atoms. The van der Waals surface area contributed by atoms with Gasteiger partial charge in [-0.3, -0.25) is 4.90 Å². The molecule has 6 heteroatoms. The molecule has 0 radical (unpaired) electrons. The first-order valence-electron chi connectivity index (χ1n) is 6.93. The van der Waals surface area contributed by atoms with Gasteiger partial charge >= 0.3 is 12.1 Å². The summed E-state index contributed by atoms with van der Waals surface area (Å²) in [6.07, 6.45) is 4.75. The van der Waals surface area contributed by atoms with Gasteiger partial charge in [0.15, 0.2) is 0 Å². The first-order chi connectivity index (χ1) is 10.7. The Balaban J connectivity index is 3.24. The number of hydrogen-bond donors (Lipinski definition) is 0. The number of nitrogens with zero attached hydrogens (tertiary/aromatic N) is 1. The minimum Gasteiger partial charge on any atom is -0.495 e. The first kappa shape index (κ1) is 18.4. The summed E-state index contributed by atoms with van der Waals surface area (Å²) in [5, 5.41) is 0. The lowest BCUT2D eigenvalue weighted by Gasteiger charge is -2.27. The monoisotopic (exact) mass is 319 g/mol. The van der Waals surface area contributed by atoms with Gasteiger partial charge in [-0.15, -0.1) is 6.42 Å². The topological polar surface area (TPSA) is 65.1 Å². The minimum atomic E-state index is -0.664. The highest BCUT2D eigenvalue weighted by Gasteiger charge is 2.25. The fraction of sp³-hybridized carbons (Fsp3) is 0.412. The van der Waals surface area contributed by atoms with E-state index < -0.39 is 17.7 Å². The Hall–Kier alpha value is -2.68. The van der Waals surface area contributed by atoms with Crippen molar-refractivity contribution in [2.24, 2.45) is 0 Å². The summed E-state index contributed by atoms with van der Waals surface area (Å²) in [5.74, 6) is 2.22. The zero-order chi connectivity index (χ0) is 17.6. The number of amides is 1. The van der Waals surface area contributed by atoms with Gasteiger partial charge in [-0.25, -0.2) is 9.59 Å². The second-order valence-electron chi connectivity index (χ2n) is 5.65. The number of anilines is 1. The van der Waals surface area contributed by atoms with Gasteiger partial charge in [-0.05, 0) is 39.0 Å². The number of benzene rings is 1. The Bertz CT molecular complexity index is 625. The molecule has 0 spiro atoms. The van der Waals surface area contributed by atoms with Crippen molar-refractivity contribution in [3.8, 4) is 18.1 Å². The van der Waals surface area contributed by atoms with Crippen LogP contribution < -0.4 is 9.64 Å². The Kier molecular flexibility index (Phi) is 6.02. The second kappa shape index (κ2) is 7.54. The number of carbonyl (C=O) groups excluding carboxylic acids is 2. The molecule has 23 heavy (non-hydrogen) atoms. The van der Waals surface area contributed by atoms with E-state index in [9.17, 15) is 9.59 Å². The van der Waals surface area contributed by atoms with E-state index in [0.29, 0.717) is 17.0 Å². The zero-order valence-corrected chi connectivity index (χ0v) is 14.0. The average molecular weight is 319 g/mol. The van der Waals surface area contributed by atoms with Crippen LogP contribution >= 0.6 is 0 Å². The molecule has 1 aromatic rings. The standard InChI is InChI=1S/C17H21NO5/c1-7-10-18(16(20)23-17(2,3)4)13-9-8-12(15(19)22-6)11-14(13)21-5/h1,8-9,11H,10H2,2-6H3. The molecule has 0 aliphatic carbocycles. The Morgan fingerprint density at radius 2 is 1.91 bits per heavy atom. The van der Waals surface area contributed by atoms with Gasteiger partial charge < -0.3 is 14.2 Å². The fourth-order valence-corrected chi connectivity index (χ4v) is 1.80. The molecule has 124 valence electrons. The van der Waals surface area contributed by atoms with Crippen molar-refractivity contribution in [2.45, 2.75) is 26.4 Å². The molecule has 0 N–H and O–H groups in total. The van der Waals surface area contributed by atoms with E-state index in [2.05, 4.69) is 10.7 Å². The number of hydrogen-bond acceptors (Lipinski definition) is 5. The van der Waals surface area contributed by atoms with Crippen LogP contribution in [-0.4, -0.2) is 38.4 Å². The van der Waals surface area contributed by atoms with Crippen LogP contribution in [0.25, 0.3) is 0 Å². The van der Waals surface area contributed by atoms with Gasteiger partial charge in [-0.2, -0.15) is 0 Å². The molecule has 1 amide bonds. The van der Waals surface area contributed by atoms with Gasteiger partial charge in [0.05, 0.1) is 32.0 Å². The SMILES string of the molecule is C#CCN(C(=O)OC(C)(C)C)c1ccc(C(=O)OC)cc1OC. The van der Waals surface area contributed by atoms with Gasteiger partial charge in [0.1, 0.15) is 11.4 Å². The van der Waals surface area contributed by atoms with Crippen molar-refractivity contribution in [3.05, 3.63) is 23.8 Å². The number of terminal acetylenes is 1. The maximum Gasteiger partial charge on any atom is 0.415 e. The van der Waals surface area contributed by atoms with E-state index in [0.717, 1.165) is 0 Å². The van der Waals surface area contributed by atoms with E-state index in [4.69, 9.17) is 15.9 Å². The molecule has 1 aromatic carbocycles.